The van der Waals surface area contributed by atoms with Gasteiger partial charge in [0, 0.05) is 13.1 Å². The lowest BCUT2D eigenvalue weighted by atomic mass is 10.5. The van der Waals surface area contributed by atoms with Crippen LogP contribution in [0.15, 0.2) is 5.51 Å². The standard InChI is InChI=1S/C6H8ClN3OS.ClH/c7-5-4(12-3-10-5)6(11)9-2-1-8;/h3H,1-2,8H2,(H,9,11);1H. The molecule has 1 aromatic rings. The third-order valence-corrected chi connectivity index (χ3v) is 2.38. The Labute approximate surface area is 90.9 Å². The molecule has 1 amide bonds. The lowest BCUT2D eigenvalue weighted by Crippen LogP contribution is -2.28. The van der Waals surface area contributed by atoms with Gasteiger partial charge in [0.15, 0.2) is 5.15 Å². The fourth-order valence-electron chi connectivity index (χ4n) is 0.646. The van der Waals surface area contributed by atoms with Crippen LogP contribution in [0.5, 0.6) is 0 Å². The molecule has 0 aromatic carbocycles. The van der Waals surface area contributed by atoms with E-state index in [1.165, 1.54) is 16.8 Å². The SMILES string of the molecule is Cl.NCCNC(=O)c1scnc1Cl. The molecule has 0 fully saturated rings. The van der Waals surface area contributed by atoms with Gasteiger partial charge in [-0.05, 0) is 0 Å². The second kappa shape index (κ2) is 6.15. The summed E-state index contributed by atoms with van der Waals surface area (Å²) in [6.07, 6.45) is 0. The summed E-state index contributed by atoms with van der Waals surface area (Å²) in [4.78, 5) is 15.4. The summed E-state index contributed by atoms with van der Waals surface area (Å²) in [7, 11) is 0. The minimum atomic E-state index is -0.215. The number of nitrogens with one attached hydrogen (secondary N) is 1. The highest BCUT2D eigenvalue weighted by molar-refractivity contribution is 7.12. The molecule has 13 heavy (non-hydrogen) atoms. The minimum Gasteiger partial charge on any atom is -0.350 e. The summed E-state index contributed by atoms with van der Waals surface area (Å²) >= 11 is 6.83. The van der Waals surface area contributed by atoms with Crippen molar-refractivity contribution in [2.75, 3.05) is 13.1 Å². The number of hydrogen-bond acceptors (Lipinski definition) is 4. The minimum absolute atomic E-state index is 0. The maximum Gasteiger partial charge on any atom is 0.264 e. The van der Waals surface area contributed by atoms with Gasteiger partial charge in [-0.25, -0.2) is 4.98 Å². The number of amides is 1. The first kappa shape index (κ1) is 12.6. The van der Waals surface area contributed by atoms with Crippen LogP contribution in [0.25, 0.3) is 0 Å². The molecule has 0 saturated carbocycles. The van der Waals surface area contributed by atoms with E-state index in [9.17, 15) is 4.79 Å². The largest absolute Gasteiger partial charge is 0.350 e. The number of halogens is 2. The molecule has 0 aliphatic rings. The maximum atomic E-state index is 11.2. The van der Waals surface area contributed by atoms with Crippen LogP contribution in [0.1, 0.15) is 9.67 Å². The van der Waals surface area contributed by atoms with Gasteiger partial charge < -0.3 is 11.1 Å². The number of carbonyl (C=O) groups excluding carboxylic acids is 1. The second-order valence-corrected chi connectivity index (χ2v) is 3.23. The van der Waals surface area contributed by atoms with Crippen molar-refractivity contribution in [2.45, 2.75) is 0 Å². The maximum absolute atomic E-state index is 11.2. The highest BCUT2D eigenvalue weighted by Crippen LogP contribution is 2.17. The Balaban J connectivity index is 0.00000144. The molecule has 3 N–H and O–H groups in total. The van der Waals surface area contributed by atoms with Crippen LogP contribution in [-0.2, 0) is 0 Å². The summed E-state index contributed by atoms with van der Waals surface area (Å²) in [5, 5.41) is 2.84. The zero-order chi connectivity index (χ0) is 8.97. The number of hydrogen-bond donors (Lipinski definition) is 2. The van der Waals surface area contributed by atoms with Crippen molar-refractivity contribution in [1.29, 1.82) is 0 Å². The van der Waals surface area contributed by atoms with Crippen LogP contribution >= 0.6 is 35.3 Å². The summed E-state index contributed by atoms with van der Waals surface area (Å²) in [6.45, 7) is 0.870. The smallest absolute Gasteiger partial charge is 0.264 e. The van der Waals surface area contributed by atoms with Gasteiger partial charge in [0.05, 0.1) is 5.51 Å². The first-order valence-electron chi connectivity index (χ1n) is 3.33. The average molecular weight is 242 g/mol. The predicted molar refractivity (Wildman–Crippen MR) is 55.8 cm³/mol. The monoisotopic (exact) mass is 241 g/mol. The van der Waals surface area contributed by atoms with Crippen LogP contribution in [0.4, 0.5) is 0 Å². The number of thiazole rings is 1. The number of aromatic nitrogens is 1. The van der Waals surface area contributed by atoms with Crippen molar-refractivity contribution in [3.8, 4) is 0 Å². The van der Waals surface area contributed by atoms with E-state index in [0.717, 1.165) is 0 Å². The van der Waals surface area contributed by atoms with Crippen molar-refractivity contribution in [3.63, 3.8) is 0 Å². The van der Waals surface area contributed by atoms with Crippen molar-refractivity contribution in [1.82, 2.24) is 10.3 Å². The van der Waals surface area contributed by atoms with E-state index in [2.05, 4.69) is 10.3 Å². The van der Waals surface area contributed by atoms with E-state index in [1.807, 2.05) is 0 Å². The third-order valence-electron chi connectivity index (χ3n) is 1.16. The Morgan fingerprint density at radius 1 is 1.77 bits per heavy atom. The molecule has 7 heteroatoms. The van der Waals surface area contributed by atoms with Gasteiger partial charge in [-0.15, -0.1) is 23.7 Å². The quantitative estimate of drug-likeness (QED) is 0.827. The van der Waals surface area contributed by atoms with Crippen LogP contribution in [0, 0.1) is 0 Å². The molecule has 4 nitrogen and oxygen atoms in total. The van der Waals surface area contributed by atoms with E-state index >= 15 is 0 Å². The zero-order valence-electron chi connectivity index (χ0n) is 6.62. The molecule has 0 radical (unpaired) electrons. The summed E-state index contributed by atoms with van der Waals surface area (Å²) in [6, 6.07) is 0. The van der Waals surface area contributed by atoms with E-state index < -0.39 is 0 Å². The molecule has 0 spiro atoms. The summed E-state index contributed by atoms with van der Waals surface area (Å²) < 4.78 is 0. The second-order valence-electron chi connectivity index (χ2n) is 2.02. The van der Waals surface area contributed by atoms with Gasteiger partial charge >= 0.3 is 0 Å². The van der Waals surface area contributed by atoms with E-state index in [4.69, 9.17) is 17.3 Å². The van der Waals surface area contributed by atoms with Gasteiger partial charge in [-0.3, -0.25) is 4.79 Å². The van der Waals surface area contributed by atoms with Crippen LogP contribution < -0.4 is 11.1 Å². The first-order chi connectivity index (χ1) is 5.75. The Kier molecular flexibility index (Phi) is 5.98. The van der Waals surface area contributed by atoms with Gasteiger partial charge in [0.1, 0.15) is 4.88 Å². The lowest BCUT2D eigenvalue weighted by molar-refractivity contribution is 0.0959. The molecule has 0 atom stereocenters. The first-order valence-corrected chi connectivity index (χ1v) is 4.58. The fourth-order valence-corrected chi connectivity index (χ4v) is 1.56. The van der Waals surface area contributed by atoms with Crippen molar-refractivity contribution in [2.24, 2.45) is 5.73 Å². The number of carbonyl (C=O) groups is 1. The Morgan fingerprint density at radius 3 is 2.92 bits per heavy atom. The highest BCUT2D eigenvalue weighted by Gasteiger charge is 2.11. The van der Waals surface area contributed by atoms with Gasteiger partial charge in [-0.1, -0.05) is 11.6 Å². The molecule has 1 aromatic heterocycles. The summed E-state index contributed by atoms with van der Waals surface area (Å²) in [5.74, 6) is -0.215. The van der Waals surface area contributed by atoms with Crippen molar-refractivity contribution in [3.05, 3.63) is 15.5 Å². The molecule has 74 valence electrons. The fraction of sp³-hybridized carbons (Fsp3) is 0.333. The molecule has 1 rings (SSSR count). The molecule has 0 bridgehead atoms. The van der Waals surface area contributed by atoms with E-state index in [-0.39, 0.29) is 23.5 Å². The van der Waals surface area contributed by atoms with E-state index in [0.29, 0.717) is 18.0 Å². The lowest BCUT2D eigenvalue weighted by Gasteiger charge is -1.99. The van der Waals surface area contributed by atoms with Gasteiger partial charge in [0.25, 0.3) is 5.91 Å². The Hall–Kier alpha value is -0.360. The molecular weight excluding hydrogens is 233 g/mol. The molecule has 0 aliphatic heterocycles. The molecular formula is C6H9Cl2N3OS. The normalized spacial score (nSPS) is 9.08. The van der Waals surface area contributed by atoms with Gasteiger partial charge in [0.2, 0.25) is 0 Å². The highest BCUT2D eigenvalue weighted by atomic mass is 35.5. The average Bonchev–Trinajstić information content (AvgIpc) is 2.47. The van der Waals surface area contributed by atoms with Crippen LogP contribution in [0.3, 0.4) is 0 Å². The van der Waals surface area contributed by atoms with Crippen molar-refractivity contribution < 1.29 is 4.79 Å². The number of nitrogens with two attached hydrogens (primary N) is 1. The molecule has 0 aliphatic carbocycles. The van der Waals surface area contributed by atoms with Crippen LogP contribution in [0.2, 0.25) is 5.15 Å². The molecule has 1 heterocycles. The van der Waals surface area contributed by atoms with Crippen molar-refractivity contribution >= 4 is 41.3 Å². The zero-order valence-corrected chi connectivity index (χ0v) is 9.01. The topological polar surface area (TPSA) is 68.0 Å². The molecule has 0 saturated heterocycles. The molecule has 0 unspecified atom stereocenters. The van der Waals surface area contributed by atoms with E-state index in [1.54, 1.807) is 0 Å². The third kappa shape index (κ3) is 3.48. The Bertz CT molecular complexity index is 279. The number of rotatable bonds is 3. The Morgan fingerprint density at radius 2 is 2.46 bits per heavy atom. The van der Waals surface area contributed by atoms with Crippen LogP contribution in [-0.4, -0.2) is 24.0 Å². The van der Waals surface area contributed by atoms with Gasteiger partial charge in [-0.2, -0.15) is 0 Å². The number of nitrogens with zero attached hydrogens (tertiary/aromatic N) is 1. The predicted octanol–water partition coefficient (Wildman–Crippen LogP) is 0.907. The summed E-state index contributed by atoms with van der Waals surface area (Å²) in [5.41, 5.74) is 6.74.